The van der Waals surface area contributed by atoms with Gasteiger partial charge in [0.2, 0.25) is 11.8 Å². The standard InChI is InChI=1S/C27H27N3O5/c1-16-5-3-6-18(11-16)13-21(31)12-17(2)19-7-4-8-20(14-19)28-22-15-25(33)30(27(22)35)23-9-10-24(32)29-26(23)34/h3-8,11,14-15,17,23,28H,9-10,12-13H2,1-2H3,(H,29,32,34). The lowest BCUT2D eigenvalue weighted by Gasteiger charge is -2.28. The second-order valence-electron chi connectivity index (χ2n) is 9.10. The van der Waals surface area contributed by atoms with Crippen molar-refractivity contribution in [3.05, 3.63) is 77.0 Å². The van der Waals surface area contributed by atoms with E-state index in [-0.39, 0.29) is 30.2 Å². The molecule has 4 rings (SSSR count). The number of anilines is 1. The maximum Gasteiger partial charge on any atom is 0.278 e. The van der Waals surface area contributed by atoms with Crippen molar-refractivity contribution >= 4 is 35.1 Å². The SMILES string of the molecule is Cc1cccc(CC(=O)CC(C)c2cccc(NC3=CC(=O)N(C4CCC(=O)NC4=O)C3=O)c2)c1. The van der Waals surface area contributed by atoms with E-state index in [0.29, 0.717) is 18.5 Å². The van der Waals surface area contributed by atoms with Gasteiger partial charge in [-0.25, -0.2) is 0 Å². The monoisotopic (exact) mass is 473 g/mol. The second-order valence-corrected chi connectivity index (χ2v) is 9.10. The average molecular weight is 474 g/mol. The molecule has 0 aromatic heterocycles. The van der Waals surface area contributed by atoms with E-state index in [2.05, 4.69) is 10.6 Å². The minimum Gasteiger partial charge on any atom is -0.351 e. The molecule has 180 valence electrons. The van der Waals surface area contributed by atoms with Crippen LogP contribution in [0.1, 0.15) is 48.8 Å². The zero-order valence-corrected chi connectivity index (χ0v) is 19.7. The Morgan fingerprint density at radius 2 is 1.89 bits per heavy atom. The van der Waals surface area contributed by atoms with E-state index in [1.807, 2.05) is 56.3 Å². The number of piperidine rings is 1. The largest absolute Gasteiger partial charge is 0.351 e. The first-order valence-corrected chi connectivity index (χ1v) is 11.6. The molecule has 0 radical (unpaired) electrons. The molecule has 8 nitrogen and oxygen atoms in total. The number of nitrogens with zero attached hydrogens (tertiary/aromatic N) is 1. The molecule has 35 heavy (non-hydrogen) atoms. The van der Waals surface area contributed by atoms with Gasteiger partial charge in [0.25, 0.3) is 11.8 Å². The molecule has 1 saturated heterocycles. The van der Waals surface area contributed by atoms with Crippen molar-refractivity contribution in [2.45, 2.75) is 51.5 Å². The van der Waals surface area contributed by atoms with Crippen LogP contribution < -0.4 is 10.6 Å². The van der Waals surface area contributed by atoms with Crippen LogP contribution in [0.4, 0.5) is 5.69 Å². The normalized spacial score (nSPS) is 18.9. The van der Waals surface area contributed by atoms with Crippen molar-refractivity contribution in [2.24, 2.45) is 0 Å². The van der Waals surface area contributed by atoms with Gasteiger partial charge in [0, 0.05) is 31.0 Å². The Morgan fingerprint density at radius 3 is 2.63 bits per heavy atom. The van der Waals surface area contributed by atoms with Gasteiger partial charge in [-0.05, 0) is 42.5 Å². The van der Waals surface area contributed by atoms with Crippen molar-refractivity contribution in [1.82, 2.24) is 10.2 Å². The highest BCUT2D eigenvalue weighted by Gasteiger charge is 2.42. The predicted octanol–water partition coefficient (Wildman–Crippen LogP) is 2.77. The summed E-state index contributed by atoms with van der Waals surface area (Å²) in [6.45, 7) is 3.97. The van der Waals surface area contributed by atoms with Crippen LogP contribution in [0.15, 0.2) is 60.3 Å². The maximum absolute atomic E-state index is 12.9. The number of rotatable bonds is 8. The van der Waals surface area contributed by atoms with Crippen LogP contribution in [-0.2, 0) is 30.4 Å². The van der Waals surface area contributed by atoms with Crippen molar-refractivity contribution < 1.29 is 24.0 Å². The number of hydrogen-bond donors (Lipinski definition) is 2. The topological polar surface area (TPSA) is 113 Å². The van der Waals surface area contributed by atoms with Gasteiger partial charge in [0.05, 0.1) is 0 Å². The van der Waals surface area contributed by atoms with Crippen LogP contribution in [-0.4, -0.2) is 40.4 Å². The first kappa shape index (κ1) is 24.1. The molecule has 1 fully saturated rings. The fourth-order valence-corrected chi connectivity index (χ4v) is 4.46. The summed E-state index contributed by atoms with van der Waals surface area (Å²) in [4.78, 5) is 62.4. The Labute approximate surface area is 203 Å². The van der Waals surface area contributed by atoms with Gasteiger partial charge in [-0.1, -0.05) is 48.9 Å². The number of aryl methyl sites for hydroxylation is 1. The van der Waals surface area contributed by atoms with Gasteiger partial charge < -0.3 is 5.32 Å². The number of imide groups is 2. The number of nitrogens with one attached hydrogen (secondary N) is 2. The molecule has 0 aliphatic carbocycles. The highest BCUT2D eigenvalue weighted by atomic mass is 16.2. The fourth-order valence-electron chi connectivity index (χ4n) is 4.46. The number of carbonyl (C=O) groups is 5. The molecular formula is C27H27N3O5. The summed E-state index contributed by atoms with van der Waals surface area (Å²) in [6.07, 6.45) is 2.09. The van der Waals surface area contributed by atoms with Gasteiger partial charge in [-0.2, -0.15) is 0 Å². The van der Waals surface area contributed by atoms with Crippen LogP contribution >= 0.6 is 0 Å². The zero-order chi connectivity index (χ0) is 25.1. The maximum atomic E-state index is 12.9. The zero-order valence-electron chi connectivity index (χ0n) is 19.7. The first-order chi connectivity index (χ1) is 16.7. The Bertz CT molecular complexity index is 1250. The summed E-state index contributed by atoms with van der Waals surface area (Å²) < 4.78 is 0. The van der Waals surface area contributed by atoms with E-state index in [0.717, 1.165) is 27.7 Å². The molecule has 2 heterocycles. The van der Waals surface area contributed by atoms with Gasteiger partial charge in [0.1, 0.15) is 17.5 Å². The van der Waals surface area contributed by atoms with E-state index >= 15 is 0 Å². The highest BCUT2D eigenvalue weighted by Crippen LogP contribution is 2.26. The Hall–Kier alpha value is -4.07. The molecule has 2 N–H and O–H groups in total. The third kappa shape index (κ3) is 5.54. The van der Waals surface area contributed by atoms with Crippen LogP contribution in [0.3, 0.4) is 0 Å². The van der Waals surface area contributed by atoms with E-state index in [1.54, 1.807) is 6.07 Å². The smallest absolute Gasteiger partial charge is 0.278 e. The lowest BCUT2D eigenvalue weighted by Crippen LogP contribution is -2.54. The van der Waals surface area contributed by atoms with Crippen LogP contribution in [0.25, 0.3) is 0 Å². The first-order valence-electron chi connectivity index (χ1n) is 11.6. The summed E-state index contributed by atoms with van der Waals surface area (Å²) in [7, 11) is 0. The minimum atomic E-state index is -1.01. The summed E-state index contributed by atoms with van der Waals surface area (Å²) in [5, 5.41) is 5.14. The van der Waals surface area contributed by atoms with E-state index in [9.17, 15) is 24.0 Å². The van der Waals surface area contributed by atoms with E-state index < -0.39 is 29.7 Å². The van der Waals surface area contributed by atoms with Crippen LogP contribution in [0, 0.1) is 6.92 Å². The molecular weight excluding hydrogens is 446 g/mol. The number of ketones is 1. The molecule has 0 bridgehead atoms. The molecule has 2 aromatic rings. The van der Waals surface area contributed by atoms with Crippen molar-refractivity contribution in [3.8, 4) is 0 Å². The third-order valence-corrected chi connectivity index (χ3v) is 6.23. The lowest BCUT2D eigenvalue weighted by atomic mass is 9.93. The molecule has 2 atom stereocenters. The van der Waals surface area contributed by atoms with Crippen LogP contribution in [0.2, 0.25) is 0 Å². The highest BCUT2D eigenvalue weighted by molar-refractivity contribution is 6.20. The minimum absolute atomic E-state index is 0.0380. The van der Waals surface area contributed by atoms with Crippen molar-refractivity contribution in [1.29, 1.82) is 0 Å². The quantitative estimate of drug-likeness (QED) is 0.570. The Morgan fingerprint density at radius 1 is 1.11 bits per heavy atom. The molecule has 2 aliphatic heterocycles. The molecule has 0 saturated carbocycles. The Balaban J connectivity index is 1.40. The predicted molar refractivity (Wildman–Crippen MR) is 129 cm³/mol. The summed E-state index contributed by atoms with van der Waals surface area (Å²) in [6, 6.07) is 14.2. The third-order valence-electron chi connectivity index (χ3n) is 6.23. The number of benzene rings is 2. The molecule has 2 aromatic carbocycles. The van der Waals surface area contributed by atoms with E-state index in [1.165, 1.54) is 0 Å². The molecule has 8 heteroatoms. The second kappa shape index (κ2) is 10.0. The van der Waals surface area contributed by atoms with Gasteiger partial charge in [0.15, 0.2) is 0 Å². The van der Waals surface area contributed by atoms with Gasteiger partial charge in [-0.15, -0.1) is 0 Å². The lowest BCUT2D eigenvalue weighted by molar-refractivity contribution is -0.149. The summed E-state index contributed by atoms with van der Waals surface area (Å²) in [5.41, 5.74) is 3.69. The number of amides is 4. The van der Waals surface area contributed by atoms with Gasteiger partial charge in [-0.3, -0.25) is 34.2 Å². The van der Waals surface area contributed by atoms with Crippen LogP contribution in [0.5, 0.6) is 0 Å². The van der Waals surface area contributed by atoms with Crippen molar-refractivity contribution in [3.63, 3.8) is 0 Å². The molecule has 2 unspecified atom stereocenters. The van der Waals surface area contributed by atoms with Crippen molar-refractivity contribution in [2.75, 3.05) is 5.32 Å². The Kier molecular flexibility index (Phi) is 6.91. The summed E-state index contributed by atoms with van der Waals surface area (Å²) in [5.74, 6) is -2.18. The molecule has 4 amide bonds. The van der Waals surface area contributed by atoms with E-state index in [4.69, 9.17) is 0 Å². The average Bonchev–Trinajstić information content (AvgIpc) is 3.07. The number of carbonyl (C=O) groups excluding carboxylic acids is 5. The number of Topliss-reactive ketones (excluding diaryl/α,β-unsaturated/α-hetero) is 1. The van der Waals surface area contributed by atoms with Gasteiger partial charge >= 0.3 is 0 Å². The molecule has 0 spiro atoms. The fraction of sp³-hybridized carbons (Fsp3) is 0.296. The molecule has 2 aliphatic rings. The number of hydrogen-bond acceptors (Lipinski definition) is 6. The summed E-state index contributed by atoms with van der Waals surface area (Å²) >= 11 is 0.